The molecule has 4 aromatic carbocycles. The summed E-state index contributed by atoms with van der Waals surface area (Å²) in [6.07, 6.45) is 9.01. The summed E-state index contributed by atoms with van der Waals surface area (Å²) >= 11 is 0.620. The maximum absolute atomic E-state index is 3.57. The first-order chi connectivity index (χ1) is 19.8. The van der Waals surface area contributed by atoms with Gasteiger partial charge in [-0.25, -0.2) is 0 Å². The van der Waals surface area contributed by atoms with Crippen molar-refractivity contribution in [3.05, 3.63) is 144 Å². The van der Waals surface area contributed by atoms with E-state index in [0.29, 0.717) is 35.9 Å². The molecule has 8 rings (SSSR count). The summed E-state index contributed by atoms with van der Waals surface area (Å²) in [5.41, 5.74) is 10.4. The van der Waals surface area contributed by atoms with Crippen LogP contribution in [0.15, 0.2) is 122 Å². The Kier molecular flexibility index (Phi) is 5.93. The van der Waals surface area contributed by atoms with Crippen LogP contribution >= 0.6 is 0 Å². The summed E-state index contributed by atoms with van der Waals surface area (Å²) in [7, 11) is 0. The molecule has 4 N–H and O–H groups in total. The van der Waals surface area contributed by atoms with Gasteiger partial charge in [0, 0.05) is 0 Å². The number of aromatic nitrogens is 4. The number of aromatic amines is 4. The number of nitrogens with one attached hydrogen (secondary N) is 4. The molecule has 6 heteroatoms. The molecule has 0 aliphatic rings. The van der Waals surface area contributed by atoms with E-state index in [1.54, 1.807) is 0 Å². The Morgan fingerprint density at radius 1 is 0.350 bits per heavy atom. The molecular weight excluding hydrogens is 622 g/mol. The number of para-hydroxylation sites is 4. The SMILES string of the molecule is c1ccc2c(C([Se][Se]C(c3c[nH]c4ccccc34)c3c[nH]c4ccccc34)c3c[nH]c4ccccc34)c[nH]c2c1. The molecule has 4 nitrogen and oxygen atoms in total. The third kappa shape index (κ3) is 3.96. The molecule has 194 valence electrons. The molecule has 0 bridgehead atoms. The summed E-state index contributed by atoms with van der Waals surface area (Å²) in [5.74, 6) is 0. The molecule has 4 heterocycles. The van der Waals surface area contributed by atoms with Crippen LogP contribution in [-0.2, 0) is 0 Å². The number of hydrogen-bond acceptors (Lipinski definition) is 0. The Morgan fingerprint density at radius 3 is 0.875 bits per heavy atom. The van der Waals surface area contributed by atoms with E-state index in [1.165, 1.54) is 65.9 Å². The van der Waals surface area contributed by atoms with Crippen molar-refractivity contribution in [3.63, 3.8) is 0 Å². The average Bonchev–Trinajstić information content (AvgIpc) is 3.81. The fourth-order valence-electron chi connectivity index (χ4n) is 5.90. The molecule has 0 aliphatic heterocycles. The van der Waals surface area contributed by atoms with Gasteiger partial charge in [-0.05, 0) is 0 Å². The second-order valence-electron chi connectivity index (χ2n) is 10.1. The standard InChI is InChI=1S/C34H26N4Se2/c1-5-13-29-21(9-1)25(17-35-29)33(26-18-36-30-14-6-2-10-22(26)30)39-40-34(27-19-37-31-15-7-3-11-23(27)31)28-20-38-32-16-8-4-12-24(28)32/h1-20,33-38H. The minimum atomic E-state index is 0.310. The van der Waals surface area contributed by atoms with E-state index >= 15 is 0 Å². The number of hydrogen-bond donors (Lipinski definition) is 4. The molecule has 0 atom stereocenters. The molecule has 0 radical (unpaired) electrons. The van der Waals surface area contributed by atoms with Gasteiger partial charge in [0.25, 0.3) is 0 Å². The van der Waals surface area contributed by atoms with Crippen LogP contribution in [0.3, 0.4) is 0 Å². The summed E-state index contributed by atoms with van der Waals surface area (Å²) < 4.78 is 0. The van der Waals surface area contributed by atoms with Gasteiger partial charge >= 0.3 is 244 Å². The molecule has 0 spiro atoms. The summed E-state index contributed by atoms with van der Waals surface area (Å²) in [5, 5.41) is 5.30. The second kappa shape index (κ2) is 9.92. The fourth-order valence-corrected chi connectivity index (χ4v) is 15.8. The Morgan fingerprint density at radius 2 is 0.600 bits per heavy atom. The average molecular weight is 649 g/mol. The van der Waals surface area contributed by atoms with Crippen molar-refractivity contribution in [2.24, 2.45) is 0 Å². The molecule has 0 unspecified atom stereocenters. The van der Waals surface area contributed by atoms with E-state index in [-0.39, 0.29) is 0 Å². The van der Waals surface area contributed by atoms with E-state index in [2.05, 4.69) is 142 Å². The normalized spacial score (nSPS) is 12.2. The van der Waals surface area contributed by atoms with Crippen LogP contribution in [0.25, 0.3) is 43.6 Å². The van der Waals surface area contributed by atoms with E-state index in [4.69, 9.17) is 0 Å². The van der Waals surface area contributed by atoms with Gasteiger partial charge in [-0.3, -0.25) is 0 Å². The van der Waals surface area contributed by atoms with E-state index < -0.39 is 0 Å². The van der Waals surface area contributed by atoms with Crippen molar-refractivity contribution in [1.82, 2.24) is 19.9 Å². The Balaban J connectivity index is 1.27. The molecule has 0 saturated carbocycles. The van der Waals surface area contributed by atoms with E-state index in [1.807, 2.05) is 0 Å². The first-order valence-corrected chi connectivity index (χ1v) is 19.7. The summed E-state index contributed by atoms with van der Waals surface area (Å²) in [4.78, 5) is 14.9. The van der Waals surface area contributed by atoms with Crippen LogP contribution in [0, 0.1) is 0 Å². The zero-order valence-electron chi connectivity index (χ0n) is 21.5. The van der Waals surface area contributed by atoms with Crippen LogP contribution in [0.1, 0.15) is 31.9 Å². The monoisotopic (exact) mass is 650 g/mol. The molecule has 4 aromatic heterocycles. The first-order valence-electron chi connectivity index (χ1n) is 13.4. The molecule has 8 aromatic rings. The molecule has 0 aliphatic carbocycles. The molecular formula is C34H26N4Se2. The van der Waals surface area contributed by atoms with Gasteiger partial charge in [0.2, 0.25) is 0 Å². The van der Waals surface area contributed by atoms with Crippen molar-refractivity contribution in [2.75, 3.05) is 0 Å². The van der Waals surface area contributed by atoms with Crippen LogP contribution in [0.2, 0.25) is 0 Å². The van der Waals surface area contributed by atoms with Gasteiger partial charge in [-0.15, -0.1) is 0 Å². The summed E-state index contributed by atoms with van der Waals surface area (Å²) in [6.45, 7) is 0. The van der Waals surface area contributed by atoms with Gasteiger partial charge in [0.1, 0.15) is 0 Å². The van der Waals surface area contributed by atoms with Gasteiger partial charge < -0.3 is 0 Å². The Labute approximate surface area is 242 Å². The zero-order valence-corrected chi connectivity index (χ0v) is 24.9. The zero-order chi connectivity index (χ0) is 26.5. The third-order valence-electron chi connectivity index (χ3n) is 7.86. The van der Waals surface area contributed by atoms with Gasteiger partial charge in [0.15, 0.2) is 0 Å². The number of benzene rings is 4. The van der Waals surface area contributed by atoms with Crippen molar-refractivity contribution < 1.29 is 0 Å². The first kappa shape index (κ1) is 23.9. The van der Waals surface area contributed by atoms with Crippen LogP contribution < -0.4 is 0 Å². The van der Waals surface area contributed by atoms with Gasteiger partial charge in [0.05, 0.1) is 0 Å². The van der Waals surface area contributed by atoms with Crippen molar-refractivity contribution in [2.45, 2.75) is 9.63 Å². The van der Waals surface area contributed by atoms with Gasteiger partial charge in [-0.1, -0.05) is 0 Å². The maximum atomic E-state index is 3.57. The Bertz CT molecular complexity index is 1810. The third-order valence-corrected chi connectivity index (χ3v) is 16.4. The van der Waals surface area contributed by atoms with Crippen molar-refractivity contribution >= 4 is 69.9 Å². The Hall–Kier alpha value is -3.92. The van der Waals surface area contributed by atoms with Crippen LogP contribution in [-0.4, -0.2) is 46.2 Å². The fraction of sp³-hybridized carbons (Fsp3) is 0.0588. The quantitative estimate of drug-likeness (QED) is 0.128. The van der Waals surface area contributed by atoms with Crippen LogP contribution in [0.4, 0.5) is 0 Å². The molecule has 0 saturated heterocycles. The van der Waals surface area contributed by atoms with Gasteiger partial charge in [-0.2, -0.15) is 0 Å². The topological polar surface area (TPSA) is 63.2 Å². The predicted molar refractivity (Wildman–Crippen MR) is 168 cm³/mol. The van der Waals surface area contributed by atoms with Crippen molar-refractivity contribution in [1.29, 1.82) is 0 Å². The predicted octanol–water partition coefficient (Wildman–Crippen LogP) is 7.81. The number of fused-ring (bicyclic) bond motifs is 4. The molecule has 0 fully saturated rings. The second-order valence-corrected chi connectivity index (χ2v) is 17.1. The van der Waals surface area contributed by atoms with E-state index in [0.717, 1.165) is 0 Å². The minimum absolute atomic E-state index is 0.310. The number of rotatable bonds is 7. The van der Waals surface area contributed by atoms with Crippen molar-refractivity contribution in [3.8, 4) is 0 Å². The summed E-state index contributed by atoms with van der Waals surface area (Å²) in [6, 6.07) is 34.9. The molecule has 40 heavy (non-hydrogen) atoms. The molecule has 0 amide bonds. The number of H-pyrrole nitrogens is 4. The van der Waals surface area contributed by atoms with E-state index in [9.17, 15) is 0 Å². The van der Waals surface area contributed by atoms with Crippen LogP contribution in [0.5, 0.6) is 0 Å².